The second-order valence-corrected chi connectivity index (χ2v) is 8.22. The number of aliphatic carboxylic acids is 1. The molecule has 0 aromatic carbocycles. The minimum atomic E-state index is -0.720. The maximum Gasteiger partial charge on any atom is 0.305 e. The van der Waals surface area contributed by atoms with Gasteiger partial charge in [-0.25, -0.2) is 0 Å². The second-order valence-electron chi connectivity index (χ2n) is 8.22. The zero-order valence-corrected chi connectivity index (χ0v) is 22.5. The molecule has 0 amide bonds. The number of carboxylic acids is 1. The van der Waals surface area contributed by atoms with Crippen LogP contribution in [0.2, 0.25) is 0 Å². The highest BCUT2D eigenvalue weighted by atomic mass is 16.5. The lowest BCUT2D eigenvalue weighted by Gasteiger charge is -2.10. The van der Waals surface area contributed by atoms with Crippen molar-refractivity contribution in [1.82, 2.24) is 0 Å². The minimum Gasteiger partial charge on any atom is -0.481 e. The molecule has 8 nitrogen and oxygen atoms in total. The number of carbonyl (C=O) groups excluding carboxylic acids is 1. The Morgan fingerprint density at radius 2 is 1.12 bits per heavy atom. The first-order valence-electron chi connectivity index (χ1n) is 13.1. The van der Waals surface area contributed by atoms with E-state index in [1.54, 1.807) is 0 Å². The summed E-state index contributed by atoms with van der Waals surface area (Å²) in [5.74, 6) is -0.816. The van der Waals surface area contributed by atoms with E-state index in [1.165, 1.54) is 0 Å². The highest BCUT2D eigenvalue weighted by Crippen LogP contribution is 2.02. The van der Waals surface area contributed by atoms with Crippen molar-refractivity contribution in [3.63, 3.8) is 0 Å². The van der Waals surface area contributed by atoms with Gasteiger partial charge in [0.25, 0.3) is 0 Å². The Morgan fingerprint density at radius 3 is 1.53 bits per heavy atom. The smallest absolute Gasteiger partial charge is 0.305 e. The first-order valence-corrected chi connectivity index (χ1v) is 13.1. The Bertz CT molecular complexity index is 445. The van der Waals surface area contributed by atoms with Crippen molar-refractivity contribution < 1.29 is 38.4 Å². The number of unbranched alkanes of at least 4 members (excludes halogenated alkanes) is 4. The molecule has 0 fully saturated rings. The Hall–Kier alpha value is -1.22. The molecule has 0 aliphatic rings. The largest absolute Gasteiger partial charge is 0.481 e. The van der Waals surface area contributed by atoms with Crippen LogP contribution in [0.15, 0.2) is 0 Å². The average molecular weight is 493 g/mol. The molecule has 0 aromatic rings. The van der Waals surface area contributed by atoms with Crippen LogP contribution in [0.5, 0.6) is 0 Å². The van der Waals surface area contributed by atoms with Gasteiger partial charge in [-0.05, 0) is 59.3 Å². The highest BCUT2D eigenvalue weighted by Gasteiger charge is 2.01. The third-order valence-corrected chi connectivity index (χ3v) is 5.06. The highest BCUT2D eigenvalue weighted by molar-refractivity contribution is 5.69. The van der Waals surface area contributed by atoms with Gasteiger partial charge in [-0.3, -0.25) is 9.59 Å². The van der Waals surface area contributed by atoms with Crippen LogP contribution in [-0.2, 0) is 33.3 Å². The molecule has 1 N–H and O–H groups in total. The van der Waals surface area contributed by atoms with E-state index in [0.29, 0.717) is 58.3 Å². The molecule has 0 saturated carbocycles. The fraction of sp³-hybridized carbons (Fsp3) is 0.923. The molecule has 0 aliphatic carbocycles. The molecule has 0 aromatic heterocycles. The van der Waals surface area contributed by atoms with E-state index in [1.807, 2.05) is 13.8 Å². The molecular weight excluding hydrogens is 440 g/mol. The van der Waals surface area contributed by atoms with Crippen molar-refractivity contribution in [2.45, 2.75) is 111 Å². The van der Waals surface area contributed by atoms with E-state index in [0.717, 1.165) is 58.0 Å². The molecule has 0 bridgehead atoms. The van der Waals surface area contributed by atoms with Gasteiger partial charge >= 0.3 is 11.9 Å². The van der Waals surface area contributed by atoms with Crippen LogP contribution in [0, 0.1) is 0 Å². The molecule has 2 atom stereocenters. The van der Waals surface area contributed by atoms with Crippen molar-refractivity contribution >= 4 is 11.9 Å². The first kappa shape index (κ1) is 34.9. The third kappa shape index (κ3) is 30.8. The minimum absolute atomic E-state index is 0.0969. The quantitative estimate of drug-likeness (QED) is 0.149. The summed E-state index contributed by atoms with van der Waals surface area (Å²) < 4.78 is 26.6. The number of esters is 1. The molecular formula is C26H52O8. The van der Waals surface area contributed by atoms with Gasteiger partial charge in [0.15, 0.2) is 0 Å². The predicted molar refractivity (Wildman–Crippen MR) is 134 cm³/mol. The van der Waals surface area contributed by atoms with Crippen LogP contribution in [0.3, 0.4) is 0 Å². The van der Waals surface area contributed by atoms with Gasteiger partial charge in [0, 0.05) is 26.1 Å². The number of hydrogen-bond donors (Lipinski definition) is 1. The fourth-order valence-electron chi connectivity index (χ4n) is 2.60. The molecule has 0 radical (unpaired) electrons. The van der Waals surface area contributed by atoms with E-state index >= 15 is 0 Å². The van der Waals surface area contributed by atoms with Gasteiger partial charge in [0.2, 0.25) is 0 Å². The number of carboxylic acid groups (broad SMARTS) is 1. The van der Waals surface area contributed by atoms with Crippen molar-refractivity contribution in [2.75, 3.05) is 46.2 Å². The molecule has 0 spiro atoms. The van der Waals surface area contributed by atoms with Crippen LogP contribution in [-0.4, -0.2) is 75.5 Å². The maximum absolute atomic E-state index is 11.0. The summed E-state index contributed by atoms with van der Waals surface area (Å²) in [5.41, 5.74) is 0. The van der Waals surface area contributed by atoms with Gasteiger partial charge in [-0.15, -0.1) is 0 Å². The molecule has 2 unspecified atom stereocenters. The van der Waals surface area contributed by atoms with Gasteiger partial charge in [0.1, 0.15) is 0 Å². The van der Waals surface area contributed by atoms with E-state index in [4.69, 9.17) is 28.8 Å². The fourth-order valence-corrected chi connectivity index (χ4v) is 2.60. The number of carbonyl (C=O) groups is 2. The summed E-state index contributed by atoms with van der Waals surface area (Å²) in [5, 5.41) is 8.41. The summed E-state index contributed by atoms with van der Waals surface area (Å²) >= 11 is 0. The zero-order valence-electron chi connectivity index (χ0n) is 22.5. The molecule has 0 aliphatic heterocycles. The van der Waals surface area contributed by atoms with E-state index < -0.39 is 5.97 Å². The van der Waals surface area contributed by atoms with Crippen LogP contribution in [0.1, 0.15) is 98.8 Å². The van der Waals surface area contributed by atoms with Crippen LogP contribution in [0.4, 0.5) is 0 Å². The summed E-state index contributed by atoms with van der Waals surface area (Å²) in [6.07, 6.45) is 8.92. The molecule has 8 heteroatoms. The standard InChI is InChI=1S/C14H28O4.C12H24O4/c1-4-13(3)18-12-11-16-10-8-6-7-9-14(15)17-5-2;1-3-11(2)16-10-9-15-8-6-4-5-7-12(13)14/h13H,4-12H2,1-3H3;11H,3-10H2,1-2H3,(H,13,14). The predicted octanol–water partition coefficient (Wildman–Crippen LogP) is 5.40. The maximum atomic E-state index is 11.0. The summed E-state index contributed by atoms with van der Waals surface area (Å²) in [4.78, 5) is 21.3. The van der Waals surface area contributed by atoms with E-state index in [9.17, 15) is 9.59 Å². The van der Waals surface area contributed by atoms with Crippen molar-refractivity contribution in [1.29, 1.82) is 0 Å². The van der Waals surface area contributed by atoms with Crippen molar-refractivity contribution in [3.8, 4) is 0 Å². The second kappa shape index (κ2) is 28.0. The lowest BCUT2D eigenvalue weighted by Crippen LogP contribution is -2.12. The number of rotatable bonds is 23. The van der Waals surface area contributed by atoms with Crippen LogP contribution < -0.4 is 0 Å². The molecule has 0 heterocycles. The Kier molecular flexibility index (Phi) is 28.8. The van der Waals surface area contributed by atoms with Gasteiger partial charge in [-0.1, -0.05) is 26.7 Å². The van der Waals surface area contributed by atoms with Gasteiger partial charge < -0.3 is 28.8 Å². The van der Waals surface area contributed by atoms with Crippen molar-refractivity contribution in [2.24, 2.45) is 0 Å². The number of ether oxygens (including phenoxy) is 5. The SMILES string of the molecule is CCC(C)OCCOCCCCCC(=O)O.CCOC(=O)CCCCCOCCOC(C)CC. The zero-order chi connectivity index (χ0) is 25.9. The average Bonchev–Trinajstić information content (AvgIpc) is 2.81. The lowest BCUT2D eigenvalue weighted by molar-refractivity contribution is -0.143. The summed E-state index contributed by atoms with van der Waals surface area (Å²) in [7, 11) is 0. The molecule has 204 valence electrons. The van der Waals surface area contributed by atoms with E-state index in [2.05, 4.69) is 20.8 Å². The van der Waals surface area contributed by atoms with Gasteiger partial charge in [0.05, 0.1) is 45.2 Å². The topological polar surface area (TPSA) is 101 Å². The Labute approximate surface area is 208 Å². The molecule has 0 rings (SSSR count). The Morgan fingerprint density at radius 1 is 0.647 bits per heavy atom. The van der Waals surface area contributed by atoms with Crippen LogP contribution >= 0.6 is 0 Å². The first-order chi connectivity index (χ1) is 16.4. The van der Waals surface area contributed by atoms with Gasteiger partial charge in [-0.2, -0.15) is 0 Å². The molecule has 0 saturated heterocycles. The summed E-state index contributed by atoms with van der Waals surface area (Å²) in [6, 6.07) is 0. The summed E-state index contributed by atoms with van der Waals surface area (Å²) in [6.45, 7) is 14.6. The monoisotopic (exact) mass is 492 g/mol. The third-order valence-electron chi connectivity index (χ3n) is 5.06. The molecule has 34 heavy (non-hydrogen) atoms. The van der Waals surface area contributed by atoms with Crippen molar-refractivity contribution in [3.05, 3.63) is 0 Å². The Balaban J connectivity index is 0. The number of hydrogen-bond acceptors (Lipinski definition) is 7. The van der Waals surface area contributed by atoms with E-state index in [-0.39, 0.29) is 12.4 Å². The van der Waals surface area contributed by atoms with Crippen LogP contribution in [0.25, 0.3) is 0 Å². The normalized spacial score (nSPS) is 12.5. The lowest BCUT2D eigenvalue weighted by atomic mass is 10.2.